The first-order chi connectivity index (χ1) is 16.6. The van der Waals surface area contributed by atoms with Gasteiger partial charge < -0.3 is 10.2 Å². The van der Waals surface area contributed by atoms with E-state index < -0.39 is 16.1 Å². The van der Waals surface area contributed by atoms with E-state index in [0.717, 1.165) is 23.8 Å². The van der Waals surface area contributed by atoms with Crippen molar-refractivity contribution in [2.45, 2.75) is 59.0 Å². The number of hydrogen-bond donors (Lipinski definition) is 1. The van der Waals surface area contributed by atoms with Crippen LogP contribution in [0, 0.1) is 6.92 Å². The number of nitrogens with zero attached hydrogens (tertiary/aromatic N) is 2. The van der Waals surface area contributed by atoms with Crippen LogP contribution in [0.3, 0.4) is 0 Å². The summed E-state index contributed by atoms with van der Waals surface area (Å²) in [6.07, 6.45) is 2.82. The van der Waals surface area contributed by atoms with Crippen LogP contribution >= 0.6 is 11.6 Å². The Kier molecular flexibility index (Phi) is 11.0. The van der Waals surface area contributed by atoms with Crippen LogP contribution in [0.1, 0.15) is 50.7 Å². The zero-order chi connectivity index (χ0) is 26.0. The van der Waals surface area contributed by atoms with Crippen LogP contribution in [0.25, 0.3) is 0 Å². The molecule has 35 heavy (non-hydrogen) atoms. The molecule has 2 aromatic rings. The molecule has 0 fully saturated rings. The molecule has 2 aromatic carbocycles. The maximum atomic E-state index is 13.4. The first-order valence-electron chi connectivity index (χ1n) is 11.9. The van der Waals surface area contributed by atoms with Gasteiger partial charge in [0.2, 0.25) is 21.8 Å². The minimum absolute atomic E-state index is 0.107. The van der Waals surface area contributed by atoms with E-state index in [1.54, 1.807) is 29.2 Å². The molecule has 0 spiro atoms. The van der Waals surface area contributed by atoms with E-state index in [9.17, 15) is 18.0 Å². The van der Waals surface area contributed by atoms with Crippen molar-refractivity contribution in [3.05, 3.63) is 64.7 Å². The summed E-state index contributed by atoms with van der Waals surface area (Å²) in [5, 5.41) is 3.33. The second kappa shape index (κ2) is 13.5. The largest absolute Gasteiger partial charge is 0.354 e. The number of amides is 2. The molecule has 1 N–H and O–H groups in total. The van der Waals surface area contributed by atoms with Gasteiger partial charge in [0.15, 0.2) is 0 Å². The Morgan fingerprint density at radius 3 is 2.34 bits per heavy atom. The van der Waals surface area contributed by atoms with Crippen LogP contribution in [0.2, 0.25) is 5.02 Å². The Labute approximate surface area is 214 Å². The molecule has 1 atom stereocenters. The van der Waals surface area contributed by atoms with Gasteiger partial charge in [-0.2, -0.15) is 0 Å². The van der Waals surface area contributed by atoms with E-state index in [1.165, 1.54) is 4.31 Å². The lowest BCUT2D eigenvalue weighted by Gasteiger charge is -2.31. The molecule has 0 bridgehead atoms. The lowest BCUT2D eigenvalue weighted by molar-refractivity contribution is -0.141. The van der Waals surface area contributed by atoms with Crippen molar-refractivity contribution in [2.24, 2.45) is 0 Å². The second-order valence-corrected chi connectivity index (χ2v) is 11.0. The van der Waals surface area contributed by atoms with E-state index >= 15 is 0 Å². The second-order valence-electron chi connectivity index (χ2n) is 8.64. The lowest BCUT2D eigenvalue weighted by Crippen LogP contribution is -2.49. The first-order valence-corrected chi connectivity index (χ1v) is 14.2. The highest BCUT2D eigenvalue weighted by Crippen LogP contribution is 2.23. The quantitative estimate of drug-likeness (QED) is 0.419. The molecule has 0 aromatic heterocycles. The number of anilines is 1. The number of carbonyl (C=O) groups excluding carboxylic acids is 2. The maximum Gasteiger partial charge on any atom is 0.242 e. The standard InChI is InChI=1S/C26H36ClN3O4S/c1-5-16-28-26(32)24(6-2)29(19-21-14-12-20(3)13-15-21)25(31)11-8-17-30(35(4,33)34)23-10-7-9-22(27)18-23/h7,9-10,12-15,18,24H,5-6,8,11,16-17,19H2,1-4H3,(H,28,32)/t24-/m0/s1. The fraction of sp³-hybridized carbons (Fsp3) is 0.462. The highest BCUT2D eigenvalue weighted by atomic mass is 35.5. The van der Waals surface area contributed by atoms with Gasteiger partial charge in [-0.15, -0.1) is 0 Å². The predicted octanol–water partition coefficient (Wildman–Crippen LogP) is 4.53. The molecule has 2 rings (SSSR count). The van der Waals surface area contributed by atoms with Gasteiger partial charge in [0.05, 0.1) is 11.9 Å². The van der Waals surface area contributed by atoms with Crippen LogP contribution in [0.15, 0.2) is 48.5 Å². The summed E-state index contributed by atoms with van der Waals surface area (Å²) in [6, 6.07) is 13.9. The van der Waals surface area contributed by atoms with Gasteiger partial charge in [0.25, 0.3) is 0 Å². The predicted molar refractivity (Wildman–Crippen MR) is 142 cm³/mol. The minimum atomic E-state index is -3.56. The van der Waals surface area contributed by atoms with E-state index in [2.05, 4.69) is 5.32 Å². The smallest absolute Gasteiger partial charge is 0.242 e. The summed E-state index contributed by atoms with van der Waals surface area (Å²) < 4.78 is 26.1. The molecule has 0 aliphatic heterocycles. The van der Waals surface area contributed by atoms with Crippen molar-refractivity contribution >= 4 is 39.1 Å². The van der Waals surface area contributed by atoms with Crippen LogP contribution in [-0.4, -0.2) is 50.5 Å². The Morgan fingerprint density at radius 2 is 1.77 bits per heavy atom. The van der Waals surface area contributed by atoms with E-state index in [0.29, 0.717) is 36.6 Å². The van der Waals surface area contributed by atoms with Gasteiger partial charge in [-0.3, -0.25) is 13.9 Å². The van der Waals surface area contributed by atoms with Crippen molar-refractivity contribution in [3.63, 3.8) is 0 Å². The van der Waals surface area contributed by atoms with Crippen molar-refractivity contribution in [1.82, 2.24) is 10.2 Å². The molecule has 0 aliphatic rings. The van der Waals surface area contributed by atoms with Crippen LogP contribution in [-0.2, 0) is 26.2 Å². The Hall–Kier alpha value is -2.58. The van der Waals surface area contributed by atoms with Crippen molar-refractivity contribution in [1.29, 1.82) is 0 Å². The molecule has 0 aliphatic carbocycles. The number of aryl methyl sites for hydroxylation is 1. The van der Waals surface area contributed by atoms with E-state index in [4.69, 9.17) is 11.6 Å². The molecule has 0 saturated heterocycles. The average molecular weight is 522 g/mol. The minimum Gasteiger partial charge on any atom is -0.354 e. The summed E-state index contributed by atoms with van der Waals surface area (Å²) in [5.41, 5.74) is 2.50. The summed E-state index contributed by atoms with van der Waals surface area (Å²) in [4.78, 5) is 27.8. The zero-order valence-electron chi connectivity index (χ0n) is 21.0. The third-order valence-electron chi connectivity index (χ3n) is 5.66. The monoisotopic (exact) mass is 521 g/mol. The lowest BCUT2D eigenvalue weighted by atomic mass is 10.1. The number of nitrogens with one attached hydrogen (secondary N) is 1. The molecular weight excluding hydrogens is 486 g/mol. The number of benzene rings is 2. The van der Waals surface area contributed by atoms with Gasteiger partial charge in [-0.1, -0.05) is 61.3 Å². The third-order valence-corrected chi connectivity index (χ3v) is 7.09. The molecule has 9 heteroatoms. The summed E-state index contributed by atoms with van der Waals surface area (Å²) in [7, 11) is -3.56. The van der Waals surface area contributed by atoms with Crippen molar-refractivity contribution in [3.8, 4) is 0 Å². The van der Waals surface area contributed by atoms with Crippen LogP contribution in [0.5, 0.6) is 0 Å². The Balaban J connectivity index is 2.19. The topological polar surface area (TPSA) is 86.8 Å². The Bertz CT molecular complexity index is 1090. The number of rotatable bonds is 13. The van der Waals surface area contributed by atoms with E-state index in [-0.39, 0.29) is 24.8 Å². The highest BCUT2D eigenvalue weighted by Gasteiger charge is 2.28. The molecule has 0 heterocycles. The van der Waals surface area contributed by atoms with Gasteiger partial charge in [0.1, 0.15) is 6.04 Å². The van der Waals surface area contributed by atoms with Crippen LogP contribution in [0.4, 0.5) is 5.69 Å². The number of sulfonamides is 1. The fourth-order valence-electron chi connectivity index (χ4n) is 3.81. The maximum absolute atomic E-state index is 13.4. The molecule has 192 valence electrons. The third kappa shape index (κ3) is 8.85. The molecular formula is C26H36ClN3O4S. The molecule has 0 saturated carbocycles. The van der Waals surface area contributed by atoms with Gasteiger partial charge >= 0.3 is 0 Å². The molecule has 0 unspecified atom stereocenters. The molecule has 2 amide bonds. The fourth-order valence-corrected chi connectivity index (χ4v) is 4.95. The van der Waals surface area contributed by atoms with Gasteiger partial charge in [0, 0.05) is 31.1 Å². The van der Waals surface area contributed by atoms with Gasteiger partial charge in [-0.05, 0) is 49.9 Å². The average Bonchev–Trinajstić information content (AvgIpc) is 2.80. The molecule has 0 radical (unpaired) electrons. The summed E-state index contributed by atoms with van der Waals surface area (Å²) in [6.45, 7) is 6.83. The first kappa shape index (κ1) is 28.7. The number of carbonyl (C=O) groups is 2. The van der Waals surface area contributed by atoms with Gasteiger partial charge in [-0.25, -0.2) is 8.42 Å². The van der Waals surface area contributed by atoms with Crippen LogP contribution < -0.4 is 9.62 Å². The highest BCUT2D eigenvalue weighted by molar-refractivity contribution is 7.92. The zero-order valence-corrected chi connectivity index (χ0v) is 22.5. The van der Waals surface area contributed by atoms with Crippen molar-refractivity contribution in [2.75, 3.05) is 23.7 Å². The normalized spacial score (nSPS) is 12.1. The van der Waals surface area contributed by atoms with E-state index in [1.807, 2.05) is 45.0 Å². The number of hydrogen-bond acceptors (Lipinski definition) is 4. The summed E-state index contributed by atoms with van der Waals surface area (Å²) >= 11 is 6.05. The Morgan fingerprint density at radius 1 is 1.09 bits per heavy atom. The number of halogens is 1. The van der Waals surface area contributed by atoms with Crippen molar-refractivity contribution < 1.29 is 18.0 Å². The SMILES string of the molecule is CCCNC(=O)[C@H](CC)N(Cc1ccc(C)cc1)C(=O)CCCN(c1cccc(Cl)c1)S(C)(=O)=O. The molecule has 7 nitrogen and oxygen atoms in total. The summed E-state index contributed by atoms with van der Waals surface area (Å²) in [5.74, 6) is -0.366.